The number of para-hydroxylation sites is 2. The molecule has 0 fully saturated rings. The van der Waals surface area contributed by atoms with Crippen LogP contribution in [0, 0.1) is 6.57 Å². The number of thiophene rings is 1. The number of nitrogens with zero attached hydrogens (tertiary/aromatic N) is 4. The Bertz CT molecular complexity index is 3250. The molecule has 7 nitrogen and oxygen atoms in total. The van der Waals surface area contributed by atoms with E-state index in [1.165, 1.54) is 101 Å². The van der Waals surface area contributed by atoms with Crippen LogP contribution in [-0.2, 0) is 23.1 Å². The Morgan fingerprint density at radius 3 is 1.79 bits per heavy atom. The molecule has 0 aliphatic heterocycles. The highest BCUT2D eigenvalue weighted by Crippen LogP contribution is 2.61. The highest BCUT2D eigenvalue weighted by atomic mass is 32.1. The van der Waals surface area contributed by atoms with E-state index in [2.05, 4.69) is 163 Å². The number of aromatic nitrogens is 2. The Labute approximate surface area is 418 Å². The first kappa shape index (κ1) is 46.4. The van der Waals surface area contributed by atoms with Gasteiger partial charge in [-0.2, -0.15) is 8.75 Å². The van der Waals surface area contributed by atoms with Crippen LogP contribution in [0.15, 0.2) is 168 Å². The largest absolute Gasteiger partial charge is 0.486 e. The van der Waals surface area contributed by atoms with Gasteiger partial charge in [-0.25, -0.2) is 4.85 Å². The maximum absolute atomic E-state index is 11.6. The molecule has 0 saturated carbocycles. The number of anilines is 3. The summed E-state index contributed by atoms with van der Waals surface area (Å²) in [4.78, 5) is 19.4. The summed E-state index contributed by atoms with van der Waals surface area (Å²) < 4.78 is 15.8. The molecule has 0 bridgehead atoms. The molecule has 0 atom stereocenters. The topological polar surface area (TPSA) is 83.8 Å². The fourth-order valence-corrected chi connectivity index (χ4v) is 12.0. The van der Waals surface area contributed by atoms with E-state index in [0.717, 1.165) is 63.2 Å². The number of carboxylic acids is 1. The summed E-state index contributed by atoms with van der Waals surface area (Å²) in [6.07, 6.45) is 13.2. The molecule has 0 spiro atoms. The number of benzene rings is 6. The van der Waals surface area contributed by atoms with E-state index in [0.29, 0.717) is 11.3 Å². The highest BCUT2D eigenvalue weighted by Gasteiger charge is 2.48. The molecule has 9 aromatic rings. The van der Waals surface area contributed by atoms with Crippen molar-refractivity contribution in [2.24, 2.45) is 0 Å². The van der Waals surface area contributed by atoms with Crippen LogP contribution < -0.4 is 4.90 Å². The van der Waals surface area contributed by atoms with Gasteiger partial charge in [-0.1, -0.05) is 149 Å². The van der Waals surface area contributed by atoms with Crippen LogP contribution in [0.4, 0.5) is 17.1 Å². The van der Waals surface area contributed by atoms with Gasteiger partial charge in [0.05, 0.1) is 23.7 Å². The molecule has 3 aromatic heterocycles. The molecule has 0 amide bonds. The summed E-state index contributed by atoms with van der Waals surface area (Å²) in [6.45, 7) is 11.8. The van der Waals surface area contributed by atoms with Gasteiger partial charge in [0.2, 0.25) is 0 Å². The molecule has 3 heterocycles. The van der Waals surface area contributed by atoms with Crippen LogP contribution >= 0.6 is 23.1 Å². The second-order valence-electron chi connectivity index (χ2n) is 18.1. The number of aryl methyl sites for hydroxylation is 2. The molecule has 0 saturated heterocycles. The molecule has 0 radical (unpaired) electrons. The summed E-state index contributed by atoms with van der Waals surface area (Å²) in [5.41, 5.74) is 14.3. The van der Waals surface area contributed by atoms with Gasteiger partial charge >= 0.3 is 5.97 Å². The Morgan fingerprint density at radius 1 is 0.643 bits per heavy atom. The summed E-state index contributed by atoms with van der Waals surface area (Å²) in [7, 11) is 0. The van der Waals surface area contributed by atoms with Crippen molar-refractivity contribution in [2.45, 2.75) is 83.5 Å². The predicted molar refractivity (Wildman–Crippen MR) is 288 cm³/mol. The van der Waals surface area contributed by atoms with Gasteiger partial charge in [0, 0.05) is 37.9 Å². The molecule has 6 aromatic carbocycles. The fraction of sp³-hybridized carbons (Fsp3) is 0.213. The molecule has 0 unspecified atom stereocenters. The zero-order valence-corrected chi connectivity index (χ0v) is 41.2. The zero-order valence-electron chi connectivity index (χ0n) is 39.5. The maximum Gasteiger partial charge on any atom is 0.333 e. The standard InChI is InChI=1S/C61H54N4O3S2/c1-4-6-8-12-18-41-24-28-43(29-25-41)61(44-30-26-42(27-31-44)19-13-9-7-5-2)52-38-47(65(45-20-14-10-15-21-45)46-22-16-11-17-23-46)32-34-49(52)59-53(61)40-56(69-59)51-36-35-50(57-58(51)64-70-63-57)55-37-33-48(68-55)39-54(62-3)60(66)67/h10-11,14-17,20-40H,4-9,12-13,18-19H2,1-2H3,(H,66,67)/b54-39-. The van der Waals surface area contributed by atoms with Crippen molar-refractivity contribution in [2.75, 3.05) is 4.90 Å². The number of unbranched alkanes of at least 4 members (excludes halogenated alkanes) is 6. The smallest absolute Gasteiger partial charge is 0.333 e. The second-order valence-corrected chi connectivity index (χ2v) is 19.7. The molecule has 348 valence electrons. The third-order valence-corrected chi connectivity index (χ3v) is 15.4. The van der Waals surface area contributed by atoms with Crippen molar-refractivity contribution in [3.63, 3.8) is 0 Å². The number of rotatable bonds is 19. The van der Waals surface area contributed by atoms with E-state index in [9.17, 15) is 9.90 Å². The number of carboxylic acid groups (broad SMARTS) is 1. The first-order valence-electron chi connectivity index (χ1n) is 24.5. The number of furan rings is 1. The fourth-order valence-electron chi connectivity index (χ4n) is 10.2. The van der Waals surface area contributed by atoms with Gasteiger partial charge in [-0.3, -0.25) is 4.79 Å². The lowest BCUT2D eigenvalue weighted by atomic mass is 9.67. The Balaban J connectivity index is 1.16. The highest BCUT2D eigenvalue weighted by molar-refractivity contribution is 7.19. The van der Waals surface area contributed by atoms with Crippen LogP contribution in [-0.4, -0.2) is 19.8 Å². The SMILES string of the molecule is [C-]#[N+]/C(=C\c1ccc(-c2ccc(-c3cc4c(s3)-c3ccc(N(c5ccccc5)c5ccccc5)cc3C4(c3ccc(CCCCCC)cc3)c3ccc(CCCCCC)cc3)c3nsnc23)o1)C(=O)O. The van der Waals surface area contributed by atoms with Crippen molar-refractivity contribution in [1.29, 1.82) is 0 Å². The number of hydrogen-bond donors (Lipinski definition) is 1. The number of hydrogen-bond acceptors (Lipinski definition) is 7. The van der Waals surface area contributed by atoms with Gasteiger partial charge in [0.25, 0.3) is 5.70 Å². The van der Waals surface area contributed by atoms with Gasteiger partial charge in [-0.15, -0.1) is 11.3 Å². The minimum absolute atomic E-state index is 0.279. The maximum atomic E-state index is 11.6. The van der Waals surface area contributed by atoms with Crippen LogP contribution in [0.5, 0.6) is 0 Å². The Morgan fingerprint density at radius 2 is 1.21 bits per heavy atom. The lowest BCUT2D eigenvalue weighted by Gasteiger charge is -2.35. The van der Waals surface area contributed by atoms with Crippen LogP contribution in [0.1, 0.15) is 104 Å². The summed E-state index contributed by atoms with van der Waals surface area (Å²) >= 11 is 2.96. The number of aliphatic carboxylic acids is 1. The number of fused-ring (bicyclic) bond motifs is 4. The van der Waals surface area contributed by atoms with E-state index >= 15 is 0 Å². The normalized spacial score (nSPS) is 12.7. The second kappa shape index (κ2) is 20.7. The lowest BCUT2D eigenvalue weighted by Crippen LogP contribution is -2.28. The minimum atomic E-state index is -1.30. The lowest BCUT2D eigenvalue weighted by molar-refractivity contribution is -0.132. The van der Waals surface area contributed by atoms with Crippen molar-refractivity contribution >= 4 is 63.2 Å². The van der Waals surface area contributed by atoms with Crippen molar-refractivity contribution in [3.8, 4) is 32.2 Å². The molecular formula is C61H54N4O3S2. The van der Waals surface area contributed by atoms with Crippen molar-refractivity contribution in [1.82, 2.24) is 8.75 Å². The molecular weight excluding hydrogens is 901 g/mol. The molecule has 10 rings (SSSR count). The first-order chi connectivity index (χ1) is 34.4. The minimum Gasteiger partial charge on any atom is -0.486 e. The molecule has 1 aliphatic carbocycles. The summed E-state index contributed by atoms with van der Waals surface area (Å²) in [5.74, 6) is -0.504. The summed E-state index contributed by atoms with van der Waals surface area (Å²) in [6, 6.07) is 57.4. The van der Waals surface area contributed by atoms with Crippen LogP contribution in [0.3, 0.4) is 0 Å². The molecule has 1 N–H and O–H groups in total. The summed E-state index contributed by atoms with van der Waals surface area (Å²) in [5, 5.41) is 9.46. The molecule has 9 heteroatoms. The molecule has 1 aliphatic rings. The van der Waals surface area contributed by atoms with Crippen LogP contribution in [0.25, 0.3) is 54.2 Å². The Hall–Kier alpha value is -7.38. The van der Waals surface area contributed by atoms with E-state index in [-0.39, 0.29) is 5.76 Å². The van der Waals surface area contributed by atoms with Crippen molar-refractivity contribution < 1.29 is 14.3 Å². The Kier molecular flexibility index (Phi) is 13.7. The van der Waals surface area contributed by atoms with E-state index in [4.69, 9.17) is 19.7 Å². The van der Waals surface area contributed by atoms with E-state index in [1.807, 2.05) is 6.07 Å². The van der Waals surface area contributed by atoms with Gasteiger partial charge in [0.15, 0.2) is 0 Å². The molecule has 70 heavy (non-hydrogen) atoms. The van der Waals surface area contributed by atoms with Crippen molar-refractivity contribution in [3.05, 3.63) is 214 Å². The average molecular weight is 955 g/mol. The monoisotopic (exact) mass is 954 g/mol. The quantitative estimate of drug-likeness (QED) is 0.0494. The van der Waals surface area contributed by atoms with E-state index < -0.39 is 17.1 Å². The van der Waals surface area contributed by atoms with Crippen LogP contribution in [0.2, 0.25) is 0 Å². The van der Waals surface area contributed by atoms with Gasteiger partial charge in [-0.05, 0) is 131 Å². The van der Waals surface area contributed by atoms with E-state index in [1.54, 1.807) is 23.5 Å². The first-order valence-corrected chi connectivity index (χ1v) is 26.0. The van der Waals surface area contributed by atoms with Gasteiger partial charge in [0.1, 0.15) is 22.6 Å². The zero-order chi connectivity index (χ0) is 48.0. The number of carbonyl (C=O) groups is 1. The predicted octanol–water partition coefficient (Wildman–Crippen LogP) is 17.1. The van der Waals surface area contributed by atoms with Gasteiger partial charge < -0.3 is 14.4 Å². The third kappa shape index (κ3) is 8.90. The third-order valence-electron chi connectivity index (χ3n) is 13.7. The average Bonchev–Trinajstić information content (AvgIpc) is 4.22.